The van der Waals surface area contributed by atoms with E-state index in [9.17, 15) is 0 Å². The van der Waals surface area contributed by atoms with Gasteiger partial charge in [0.25, 0.3) is 0 Å². The first-order chi connectivity index (χ1) is 9.15. The SMILES string of the molecule is C=C(C)Cc1ccc(OC(Cl)c2ccccc2)cc1. The molecule has 0 aromatic heterocycles. The van der Waals surface area contributed by atoms with Crippen LogP contribution >= 0.6 is 11.6 Å². The van der Waals surface area contributed by atoms with Crippen LogP contribution in [-0.2, 0) is 6.42 Å². The zero-order chi connectivity index (χ0) is 13.7. The highest BCUT2D eigenvalue weighted by atomic mass is 35.5. The lowest BCUT2D eigenvalue weighted by atomic mass is 10.1. The van der Waals surface area contributed by atoms with E-state index in [1.54, 1.807) is 0 Å². The molecule has 0 aliphatic rings. The average Bonchev–Trinajstić information content (AvgIpc) is 2.41. The van der Waals surface area contributed by atoms with E-state index >= 15 is 0 Å². The second kappa shape index (κ2) is 6.44. The van der Waals surface area contributed by atoms with E-state index in [2.05, 4.69) is 6.58 Å². The van der Waals surface area contributed by atoms with Gasteiger partial charge in [-0.25, -0.2) is 0 Å². The van der Waals surface area contributed by atoms with Gasteiger partial charge in [0.05, 0.1) is 0 Å². The molecule has 98 valence electrons. The van der Waals surface area contributed by atoms with Gasteiger partial charge in [-0.2, -0.15) is 0 Å². The minimum atomic E-state index is -0.465. The van der Waals surface area contributed by atoms with E-state index in [1.165, 1.54) is 5.56 Å². The van der Waals surface area contributed by atoms with Crippen LogP contribution in [-0.4, -0.2) is 0 Å². The van der Waals surface area contributed by atoms with Crippen LogP contribution in [0.1, 0.15) is 23.6 Å². The highest BCUT2D eigenvalue weighted by Gasteiger charge is 2.08. The Morgan fingerprint density at radius 2 is 1.74 bits per heavy atom. The zero-order valence-corrected chi connectivity index (χ0v) is 11.7. The van der Waals surface area contributed by atoms with Gasteiger partial charge in [0, 0.05) is 5.56 Å². The quantitative estimate of drug-likeness (QED) is 0.542. The number of hydrogen-bond acceptors (Lipinski definition) is 1. The topological polar surface area (TPSA) is 9.23 Å². The van der Waals surface area contributed by atoms with Crippen LogP contribution in [0.4, 0.5) is 0 Å². The van der Waals surface area contributed by atoms with Gasteiger partial charge in [-0.3, -0.25) is 0 Å². The van der Waals surface area contributed by atoms with Gasteiger partial charge in [0.2, 0.25) is 0 Å². The third-order valence-corrected chi connectivity index (χ3v) is 3.07. The Morgan fingerprint density at radius 1 is 1.11 bits per heavy atom. The van der Waals surface area contributed by atoms with Crippen molar-refractivity contribution in [1.82, 2.24) is 0 Å². The largest absolute Gasteiger partial charge is 0.470 e. The summed E-state index contributed by atoms with van der Waals surface area (Å²) >= 11 is 6.23. The molecule has 0 radical (unpaired) electrons. The molecule has 0 aliphatic heterocycles. The molecule has 2 heteroatoms. The second-order valence-electron chi connectivity index (χ2n) is 4.62. The third kappa shape index (κ3) is 4.15. The minimum Gasteiger partial charge on any atom is -0.470 e. The molecule has 0 heterocycles. The first kappa shape index (κ1) is 13.7. The smallest absolute Gasteiger partial charge is 0.197 e. The summed E-state index contributed by atoms with van der Waals surface area (Å²) in [7, 11) is 0. The Kier molecular flexibility index (Phi) is 4.64. The standard InChI is InChI=1S/C17H17ClO/c1-13(2)12-14-8-10-16(11-9-14)19-17(18)15-6-4-3-5-7-15/h3-11,17H,1,12H2,2H3. The number of benzene rings is 2. The molecule has 0 saturated carbocycles. The van der Waals surface area contributed by atoms with Crippen molar-refractivity contribution in [2.24, 2.45) is 0 Å². The summed E-state index contributed by atoms with van der Waals surface area (Å²) < 4.78 is 5.70. The van der Waals surface area contributed by atoms with Gasteiger partial charge in [-0.1, -0.05) is 66.2 Å². The summed E-state index contributed by atoms with van der Waals surface area (Å²) in [6.45, 7) is 5.93. The zero-order valence-electron chi connectivity index (χ0n) is 11.0. The molecule has 19 heavy (non-hydrogen) atoms. The number of allylic oxidation sites excluding steroid dienone is 1. The molecule has 0 N–H and O–H groups in total. The maximum Gasteiger partial charge on any atom is 0.197 e. The van der Waals surface area contributed by atoms with Crippen LogP contribution in [0.2, 0.25) is 0 Å². The van der Waals surface area contributed by atoms with Crippen molar-refractivity contribution in [3.05, 3.63) is 77.9 Å². The number of alkyl halides is 1. The van der Waals surface area contributed by atoms with Crippen molar-refractivity contribution in [2.45, 2.75) is 18.9 Å². The van der Waals surface area contributed by atoms with E-state index < -0.39 is 5.56 Å². The highest BCUT2D eigenvalue weighted by molar-refractivity contribution is 6.20. The number of halogens is 1. The van der Waals surface area contributed by atoms with Crippen LogP contribution in [0.5, 0.6) is 5.75 Å². The fraction of sp³-hybridized carbons (Fsp3) is 0.176. The lowest BCUT2D eigenvalue weighted by molar-refractivity contribution is 0.288. The van der Waals surface area contributed by atoms with Gasteiger partial charge in [-0.15, -0.1) is 0 Å². The van der Waals surface area contributed by atoms with Crippen LogP contribution in [0.25, 0.3) is 0 Å². The number of rotatable bonds is 5. The number of ether oxygens (including phenoxy) is 1. The molecular weight excluding hydrogens is 256 g/mol. The molecule has 2 rings (SSSR count). The fourth-order valence-corrected chi connectivity index (χ4v) is 2.07. The van der Waals surface area contributed by atoms with E-state index in [-0.39, 0.29) is 0 Å². The third-order valence-electron chi connectivity index (χ3n) is 2.73. The molecule has 1 nitrogen and oxygen atoms in total. The molecule has 2 aromatic rings. The van der Waals surface area contributed by atoms with Crippen molar-refractivity contribution in [2.75, 3.05) is 0 Å². The molecule has 1 atom stereocenters. The Balaban J connectivity index is 2.01. The fourth-order valence-electron chi connectivity index (χ4n) is 1.83. The summed E-state index contributed by atoms with van der Waals surface area (Å²) in [5.74, 6) is 0.773. The Labute approximate surface area is 119 Å². The first-order valence-electron chi connectivity index (χ1n) is 6.24. The molecule has 0 fully saturated rings. The van der Waals surface area contributed by atoms with Crippen LogP contribution in [0, 0.1) is 0 Å². The van der Waals surface area contributed by atoms with Gasteiger partial charge in [0.15, 0.2) is 5.56 Å². The van der Waals surface area contributed by atoms with Crippen molar-refractivity contribution < 1.29 is 4.74 Å². The Hall–Kier alpha value is -1.73. The van der Waals surface area contributed by atoms with Crippen LogP contribution < -0.4 is 4.74 Å². The predicted octanol–water partition coefficient (Wildman–Crippen LogP) is 5.12. The monoisotopic (exact) mass is 272 g/mol. The maximum absolute atomic E-state index is 6.23. The van der Waals surface area contributed by atoms with Crippen molar-refractivity contribution in [3.8, 4) is 5.75 Å². The Bertz CT molecular complexity index is 531. The van der Waals surface area contributed by atoms with Gasteiger partial charge in [-0.05, 0) is 31.0 Å². The van der Waals surface area contributed by atoms with Crippen molar-refractivity contribution in [3.63, 3.8) is 0 Å². The van der Waals surface area contributed by atoms with Gasteiger partial charge >= 0.3 is 0 Å². The van der Waals surface area contributed by atoms with E-state index in [1.807, 2.05) is 61.5 Å². The van der Waals surface area contributed by atoms with E-state index in [0.717, 1.165) is 23.3 Å². The molecule has 0 saturated heterocycles. The lowest BCUT2D eigenvalue weighted by Gasteiger charge is -2.13. The molecule has 0 aliphatic carbocycles. The highest BCUT2D eigenvalue weighted by Crippen LogP contribution is 2.25. The molecule has 0 bridgehead atoms. The predicted molar refractivity (Wildman–Crippen MR) is 80.6 cm³/mol. The van der Waals surface area contributed by atoms with Gasteiger partial charge in [0.1, 0.15) is 5.75 Å². The summed E-state index contributed by atoms with van der Waals surface area (Å²) in [5, 5.41) is 0. The molecule has 0 spiro atoms. The normalized spacial score (nSPS) is 11.9. The second-order valence-corrected chi connectivity index (χ2v) is 5.02. The molecule has 0 amide bonds. The summed E-state index contributed by atoms with van der Waals surface area (Å²) in [6.07, 6.45) is 0.892. The maximum atomic E-state index is 6.23. The van der Waals surface area contributed by atoms with E-state index in [0.29, 0.717) is 0 Å². The summed E-state index contributed by atoms with van der Waals surface area (Å²) in [6, 6.07) is 17.7. The van der Waals surface area contributed by atoms with Crippen molar-refractivity contribution in [1.29, 1.82) is 0 Å². The summed E-state index contributed by atoms with van der Waals surface area (Å²) in [5.41, 5.74) is 2.86. The number of hydrogen-bond donors (Lipinski definition) is 0. The van der Waals surface area contributed by atoms with E-state index in [4.69, 9.17) is 16.3 Å². The lowest BCUT2D eigenvalue weighted by Crippen LogP contribution is -2.00. The first-order valence-corrected chi connectivity index (χ1v) is 6.68. The summed E-state index contributed by atoms with van der Waals surface area (Å²) in [4.78, 5) is 0. The average molecular weight is 273 g/mol. The van der Waals surface area contributed by atoms with Gasteiger partial charge < -0.3 is 4.74 Å². The van der Waals surface area contributed by atoms with Crippen LogP contribution in [0.15, 0.2) is 66.7 Å². The van der Waals surface area contributed by atoms with Crippen molar-refractivity contribution >= 4 is 11.6 Å². The van der Waals surface area contributed by atoms with Crippen LogP contribution in [0.3, 0.4) is 0 Å². The molecule has 1 unspecified atom stereocenters. The molecular formula is C17H17ClO. The Morgan fingerprint density at radius 3 is 2.32 bits per heavy atom. The molecule has 2 aromatic carbocycles. The minimum absolute atomic E-state index is 0.465.